The fourth-order valence-electron chi connectivity index (χ4n) is 3.65. The normalized spacial score (nSPS) is 30.1. The monoisotopic (exact) mass is 272 g/mol. The minimum atomic E-state index is 0.0568. The van der Waals surface area contributed by atoms with Gasteiger partial charge in [0, 0.05) is 19.6 Å². The molecule has 0 unspecified atom stereocenters. The summed E-state index contributed by atoms with van der Waals surface area (Å²) in [5, 5.41) is 3.64. The molecule has 3 nitrogen and oxygen atoms in total. The second-order valence-electron chi connectivity index (χ2n) is 6.25. The van der Waals surface area contributed by atoms with E-state index in [1.54, 1.807) is 0 Å². The molecule has 1 aromatic carbocycles. The zero-order chi connectivity index (χ0) is 13.9. The molecule has 20 heavy (non-hydrogen) atoms. The van der Waals surface area contributed by atoms with Crippen molar-refractivity contribution in [2.75, 3.05) is 13.6 Å². The minimum absolute atomic E-state index is 0.0568. The maximum Gasteiger partial charge on any atom is 0.239 e. The molecule has 3 rings (SSSR count). The molecular formula is C17H24N2O. The van der Waals surface area contributed by atoms with Crippen molar-refractivity contribution in [1.82, 2.24) is 10.2 Å². The Hall–Kier alpha value is -1.35. The molecule has 0 bridgehead atoms. The van der Waals surface area contributed by atoms with E-state index in [-0.39, 0.29) is 11.9 Å². The second kappa shape index (κ2) is 5.96. The number of nitrogens with zero attached hydrogens (tertiary/aromatic N) is 1. The Morgan fingerprint density at radius 1 is 1.20 bits per heavy atom. The fourth-order valence-corrected chi connectivity index (χ4v) is 3.65. The van der Waals surface area contributed by atoms with Crippen LogP contribution in [0, 0.1) is 5.92 Å². The molecule has 108 valence electrons. The molecule has 1 aromatic rings. The lowest BCUT2D eigenvalue weighted by atomic mass is 9.94. The van der Waals surface area contributed by atoms with E-state index in [1.807, 2.05) is 11.9 Å². The molecule has 3 heteroatoms. The third kappa shape index (κ3) is 2.88. The van der Waals surface area contributed by atoms with Crippen molar-refractivity contribution in [3.63, 3.8) is 0 Å². The van der Waals surface area contributed by atoms with Crippen LogP contribution < -0.4 is 5.32 Å². The highest BCUT2D eigenvalue weighted by molar-refractivity contribution is 5.83. The molecule has 0 spiro atoms. The number of hydrogen-bond donors (Lipinski definition) is 1. The number of carbonyl (C=O) groups is 1. The van der Waals surface area contributed by atoms with Crippen LogP contribution in [0.4, 0.5) is 0 Å². The highest BCUT2D eigenvalue weighted by Gasteiger charge is 2.34. The van der Waals surface area contributed by atoms with Crippen LogP contribution in [-0.2, 0) is 11.2 Å². The molecule has 1 heterocycles. The van der Waals surface area contributed by atoms with E-state index in [4.69, 9.17) is 0 Å². The van der Waals surface area contributed by atoms with Gasteiger partial charge in [0.25, 0.3) is 0 Å². The van der Waals surface area contributed by atoms with Crippen molar-refractivity contribution >= 4 is 5.91 Å². The topological polar surface area (TPSA) is 32.3 Å². The summed E-state index contributed by atoms with van der Waals surface area (Å²) in [5.41, 5.74) is 1.42. The lowest BCUT2D eigenvalue weighted by molar-refractivity contribution is -0.128. The van der Waals surface area contributed by atoms with Crippen molar-refractivity contribution in [3.05, 3.63) is 35.9 Å². The summed E-state index contributed by atoms with van der Waals surface area (Å²) < 4.78 is 0. The van der Waals surface area contributed by atoms with E-state index in [1.165, 1.54) is 24.8 Å². The summed E-state index contributed by atoms with van der Waals surface area (Å²) in [6.45, 7) is 0.895. The van der Waals surface area contributed by atoms with E-state index in [9.17, 15) is 4.79 Å². The molecule has 3 atom stereocenters. The Morgan fingerprint density at radius 3 is 2.70 bits per heavy atom. The highest BCUT2D eigenvalue weighted by atomic mass is 16.2. The molecule has 2 aliphatic rings. The SMILES string of the molecule is CN1CC[C@H](N[C@@H]2CCC[C@H]2Cc2ccccc2)C1=O. The van der Waals surface area contributed by atoms with Gasteiger partial charge in [-0.25, -0.2) is 0 Å². The number of rotatable bonds is 4. The summed E-state index contributed by atoms with van der Waals surface area (Å²) >= 11 is 0. The average molecular weight is 272 g/mol. The van der Waals surface area contributed by atoms with Crippen molar-refractivity contribution in [2.24, 2.45) is 5.92 Å². The number of likely N-dealkylation sites (tertiary alicyclic amines) is 1. The van der Waals surface area contributed by atoms with Gasteiger partial charge in [-0.2, -0.15) is 0 Å². The van der Waals surface area contributed by atoms with Crippen molar-refractivity contribution < 1.29 is 4.79 Å². The quantitative estimate of drug-likeness (QED) is 0.911. The largest absolute Gasteiger partial charge is 0.344 e. The van der Waals surface area contributed by atoms with Gasteiger partial charge in [-0.3, -0.25) is 4.79 Å². The molecule has 1 aliphatic carbocycles. The molecule has 1 amide bonds. The first-order valence-corrected chi connectivity index (χ1v) is 7.79. The Bertz CT molecular complexity index is 459. The lowest BCUT2D eigenvalue weighted by Gasteiger charge is -2.24. The lowest BCUT2D eigenvalue weighted by Crippen LogP contribution is -2.44. The third-order valence-corrected chi connectivity index (χ3v) is 4.84. The van der Waals surface area contributed by atoms with Gasteiger partial charge in [-0.1, -0.05) is 36.8 Å². The molecule has 1 N–H and O–H groups in total. The first-order chi connectivity index (χ1) is 9.74. The summed E-state index contributed by atoms with van der Waals surface area (Å²) in [4.78, 5) is 13.9. The molecular weight excluding hydrogens is 248 g/mol. The summed E-state index contributed by atoms with van der Waals surface area (Å²) in [5.74, 6) is 0.950. The van der Waals surface area contributed by atoms with Gasteiger partial charge in [0.15, 0.2) is 0 Å². The molecule has 0 aromatic heterocycles. The number of benzene rings is 1. The van der Waals surface area contributed by atoms with Crippen LogP contribution in [0.5, 0.6) is 0 Å². The maximum absolute atomic E-state index is 12.0. The van der Waals surface area contributed by atoms with E-state index in [2.05, 4.69) is 35.6 Å². The minimum Gasteiger partial charge on any atom is -0.344 e. The third-order valence-electron chi connectivity index (χ3n) is 4.84. The average Bonchev–Trinajstić information content (AvgIpc) is 3.02. The van der Waals surface area contributed by atoms with Gasteiger partial charge in [-0.15, -0.1) is 0 Å². The number of carbonyl (C=O) groups excluding carboxylic acids is 1. The zero-order valence-corrected chi connectivity index (χ0v) is 12.2. The Balaban J connectivity index is 1.60. The fraction of sp³-hybridized carbons (Fsp3) is 0.588. The first-order valence-electron chi connectivity index (χ1n) is 7.79. The van der Waals surface area contributed by atoms with E-state index >= 15 is 0 Å². The molecule has 1 saturated carbocycles. The van der Waals surface area contributed by atoms with Gasteiger partial charge in [0.05, 0.1) is 6.04 Å². The number of nitrogens with one attached hydrogen (secondary N) is 1. The molecule has 1 aliphatic heterocycles. The van der Waals surface area contributed by atoms with Crippen molar-refractivity contribution in [1.29, 1.82) is 0 Å². The standard InChI is InChI=1S/C17H24N2O/c1-19-11-10-16(17(19)20)18-15-9-5-8-14(15)12-13-6-3-2-4-7-13/h2-4,6-7,14-16,18H,5,8-12H2,1H3/t14-,15+,16-/m0/s1. The Kier molecular flexibility index (Phi) is 4.06. The van der Waals surface area contributed by atoms with Crippen LogP contribution in [0.2, 0.25) is 0 Å². The van der Waals surface area contributed by atoms with Crippen LogP contribution >= 0.6 is 0 Å². The van der Waals surface area contributed by atoms with Crippen LogP contribution in [-0.4, -0.2) is 36.5 Å². The van der Waals surface area contributed by atoms with Crippen LogP contribution in [0.15, 0.2) is 30.3 Å². The van der Waals surface area contributed by atoms with Crippen molar-refractivity contribution in [2.45, 2.75) is 44.2 Å². The molecule has 0 radical (unpaired) electrons. The second-order valence-corrected chi connectivity index (χ2v) is 6.25. The van der Waals surface area contributed by atoms with E-state index < -0.39 is 0 Å². The van der Waals surface area contributed by atoms with Gasteiger partial charge in [-0.05, 0) is 37.2 Å². The van der Waals surface area contributed by atoms with E-state index in [0.29, 0.717) is 12.0 Å². The zero-order valence-electron chi connectivity index (χ0n) is 12.2. The number of hydrogen-bond acceptors (Lipinski definition) is 2. The Morgan fingerprint density at radius 2 is 2.00 bits per heavy atom. The summed E-state index contributed by atoms with van der Waals surface area (Å²) in [7, 11) is 1.90. The number of amides is 1. The van der Waals surface area contributed by atoms with Gasteiger partial charge < -0.3 is 10.2 Å². The van der Waals surface area contributed by atoms with Gasteiger partial charge >= 0.3 is 0 Å². The van der Waals surface area contributed by atoms with Gasteiger partial charge in [0.2, 0.25) is 5.91 Å². The van der Waals surface area contributed by atoms with Gasteiger partial charge in [0.1, 0.15) is 0 Å². The highest BCUT2D eigenvalue weighted by Crippen LogP contribution is 2.30. The van der Waals surface area contributed by atoms with E-state index in [0.717, 1.165) is 19.4 Å². The molecule has 1 saturated heterocycles. The Labute approximate surface area is 121 Å². The maximum atomic E-state index is 12.0. The van der Waals surface area contributed by atoms with Crippen LogP contribution in [0.3, 0.4) is 0 Å². The van der Waals surface area contributed by atoms with Crippen LogP contribution in [0.25, 0.3) is 0 Å². The predicted octanol–water partition coefficient (Wildman–Crippen LogP) is 2.22. The first kappa shape index (κ1) is 13.6. The predicted molar refractivity (Wildman–Crippen MR) is 80.5 cm³/mol. The number of likely N-dealkylation sites (N-methyl/N-ethyl adjacent to an activating group) is 1. The van der Waals surface area contributed by atoms with Crippen LogP contribution in [0.1, 0.15) is 31.2 Å². The van der Waals surface area contributed by atoms with Crippen molar-refractivity contribution in [3.8, 4) is 0 Å². The smallest absolute Gasteiger partial charge is 0.239 e. The molecule has 2 fully saturated rings. The summed E-state index contributed by atoms with van der Waals surface area (Å²) in [6, 6.07) is 11.3. The summed E-state index contributed by atoms with van der Waals surface area (Å²) in [6.07, 6.45) is 5.87.